The van der Waals surface area contributed by atoms with Gasteiger partial charge in [-0.3, -0.25) is 14.5 Å². The Hall–Kier alpha value is -2.77. The second-order valence-electron chi connectivity index (χ2n) is 7.35. The van der Waals surface area contributed by atoms with Gasteiger partial charge in [0.15, 0.2) is 0 Å². The molecule has 0 bridgehead atoms. The van der Waals surface area contributed by atoms with Crippen LogP contribution < -0.4 is 10.6 Å². The Bertz CT molecular complexity index is 868. The number of carbonyl (C=O) groups excluding carboxylic acids is 2. The summed E-state index contributed by atoms with van der Waals surface area (Å²) in [5.74, 6) is -0.612. The number of hydrogen-bond acceptors (Lipinski definition) is 5. The third-order valence-corrected chi connectivity index (χ3v) is 4.95. The Balaban J connectivity index is 1.61. The Morgan fingerprint density at radius 1 is 1.03 bits per heavy atom. The first-order chi connectivity index (χ1) is 13.9. The number of morpholine rings is 1. The van der Waals surface area contributed by atoms with Crippen LogP contribution in [0.25, 0.3) is 0 Å². The third-order valence-electron chi connectivity index (χ3n) is 4.95. The van der Waals surface area contributed by atoms with E-state index in [9.17, 15) is 9.59 Å². The van der Waals surface area contributed by atoms with Gasteiger partial charge in [0.05, 0.1) is 13.2 Å². The van der Waals surface area contributed by atoms with Gasteiger partial charge in [-0.25, -0.2) is 4.98 Å². The summed E-state index contributed by atoms with van der Waals surface area (Å²) in [6.45, 7) is 10.4. The summed E-state index contributed by atoms with van der Waals surface area (Å²) < 4.78 is 5.32. The van der Waals surface area contributed by atoms with E-state index in [4.69, 9.17) is 4.74 Å². The van der Waals surface area contributed by atoms with Crippen molar-refractivity contribution in [3.63, 3.8) is 0 Å². The van der Waals surface area contributed by atoms with Crippen LogP contribution in [-0.2, 0) is 4.74 Å². The first-order valence-electron chi connectivity index (χ1n) is 9.88. The van der Waals surface area contributed by atoms with E-state index in [1.54, 1.807) is 18.2 Å². The molecule has 7 heteroatoms. The summed E-state index contributed by atoms with van der Waals surface area (Å²) in [5, 5.41) is 5.79. The lowest BCUT2D eigenvalue weighted by Gasteiger charge is -2.26. The summed E-state index contributed by atoms with van der Waals surface area (Å²) in [6, 6.07) is 8.94. The molecule has 1 aromatic heterocycles. The molecule has 0 atom stereocenters. The van der Waals surface area contributed by atoms with Crippen molar-refractivity contribution in [3.8, 4) is 0 Å². The van der Waals surface area contributed by atoms with Crippen LogP contribution in [0.15, 0.2) is 30.3 Å². The van der Waals surface area contributed by atoms with Crippen LogP contribution in [-0.4, -0.2) is 61.1 Å². The summed E-state index contributed by atoms with van der Waals surface area (Å²) >= 11 is 0. The fourth-order valence-electron chi connectivity index (χ4n) is 3.49. The smallest absolute Gasteiger partial charge is 0.274 e. The molecule has 154 valence electrons. The molecule has 1 aliphatic heterocycles. The van der Waals surface area contributed by atoms with E-state index in [2.05, 4.69) is 20.5 Å². The zero-order chi connectivity index (χ0) is 20.8. The average Bonchev–Trinajstić information content (AvgIpc) is 2.71. The second-order valence-corrected chi connectivity index (χ2v) is 7.35. The summed E-state index contributed by atoms with van der Waals surface area (Å²) in [5.41, 5.74) is 4.36. The minimum Gasteiger partial charge on any atom is -0.379 e. The van der Waals surface area contributed by atoms with Crippen LogP contribution in [0.3, 0.4) is 0 Å². The van der Waals surface area contributed by atoms with Crippen LogP contribution in [0, 0.1) is 20.8 Å². The molecule has 1 aromatic carbocycles. The predicted octanol–water partition coefficient (Wildman–Crippen LogP) is 2.32. The number of hydrogen-bond donors (Lipinski definition) is 2. The van der Waals surface area contributed by atoms with Crippen molar-refractivity contribution in [2.24, 2.45) is 0 Å². The Labute approximate surface area is 171 Å². The third kappa shape index (κ3) is 5.62. The predicted molar refractivity (Wildman–Crippen MR) is 112 cm³/mol. The van der Waals surface area contributed by atoms with Gasteiger partial charge in [0.1, 0.15) is 11.4 Å². The molecule has 2 N–H and O–H groups in total. The van der Waals surface area contributed by atoms with Crippen LogP contribution >= 0.6 is 0 Å². The summed E-state index contributed by atoms with van der Waals surface area (Å²) in [6.07, 6.45) is 0. The van der Waals surface area contributed by atoms with Crippen LogP contribution in [0.2, 0.25) is 0 Å². The maximum Gasteiger partial charge on any atom is 0.274 e. The standard InChI is InChI=1S/C22H28N4O3/c1-15-13-16(2)20(17(3)14-15)25-22(28)19-6-4-5-18(24-19)21(27)23-7-8-26-9-11-29-12-10-26/h4-6,13-14H,7-12H2,1-3H3,(H,23,27)(H,25,28). The van der Waals surface area contributed by atoms with E-state index >= 15 is 0 Å². The first kappa shape index (κ1) is 21.0. The number of anilines is 1. The van der Waals surface area contributed by atoms with Crippen LogP contribution in [0.1, 0.15) is 37.7 Å². The van der Waals surface area contributed by atoms with Gasteiger partial charge >= 0.3 is 0 Å². The molecule has 7 nitrogen and oxygen atoms in total. The van der Waals surface area contributed by atoms with Crippen molar-refractivity contribution in [1.29, 1.82) is 0 Å². The molecular weight excluding hydrogens is 368 g/mol. The number of rotatable bonds is 6. The summed E-state index contributed by atoms with van der Waals surface area (Å²) in [7, 11) is 0. The van der Waals surface area contributed by atoms with E-state index in [1.807, 2.05) is 32.9 Å². The van der Waals surface area contributed by atoms with Gasteiger partial charge in [0, 0.05) is 31.9 Å². The maximum atomic E-state index is 12.7. The average molecular weight is 396 g/mol. The van der Waals surface area contributed by atoms with Crippen molar-refractivity contribution in [2.75, 3.05) is 44.7 Å². The number of benzene rings is 1. The Kier molecular flexibility index (Phi) is 6.95. The number of nitrogens with one attached hydrogen (secondary N) is 2. The second kappa shape index (κ2) is 9.62. The SMILES string of the molecule is Cc1cc(C)c(NC(=O)c2cccc(C(=O)NCCN3CCOCC3)n2)c(C)c1. The fourth-order valence-corrected chi connectivity index (χ4v) is 3.49. The quantitative estimate of drug-likeness (QED) is 0.783. The van der Waals surface area contributed by atoms with Crippen molar-refractivity contribution in [2.45, 2.75) is 20.8 Å². The Morgan fingerprint density at radius 2 is 1.66 bits per heavy atom. The molecule has 29 heavy (non-hydrogen) atoms. The van der Waals surface area contributed by atoms with E-state index in [0.29, 0.717) is 6.54 Å². The molecule has 0 unspecified atom stereocenters. The van der Waals surface area contributed by atoms with Gasteiger partial charge in [-0.1, -0.05) is 23.8 Å². The van der Waals surface area contributed by atoms with E-state index < -0.39 is 0 Å². The maximum absolute atomic E-state index is 12.7. The lowest BCUT2D eigenvalue weighted by atomic mass is 10.0. The van der Waals surface area contributed by atoms with Gasteiger partial charge in [-0.15, -0.1) is 0 Å². The first-order valence-corrected chi connectivity index (χ1v) is 9.88. The molecule has 2 aromatic rings. The van der Waals surface area contributed by atoms with Crippen molar-refractivity contribution in [1.82, 2.24) is 15.2 Å². The highest BCUT2D eigenvalue weighted by molar-refractivity contribution is 6.04. The lowest BCUT2D eigenvalue weighted by molar-refractivity contribution is 0.0383. The van der Waals surface area contributed by atoms with E-state index in [1.165, 1.54) is 0 Å². The number of carbonyl (C=O) groups is 2. The summed E-state index contributed by atoms with van der Waals surface area (Å²) in [4.78, 5) is 31.6. The van der Waals surface area contributed by atoms with E-state index in [-0.39, 0.29) is 23.2 Å². The van der Waals surface area contributed by atoms with Gasteiger partial charge in [0.25, 0.3) is 11.8 Å². The minimum atomic E-state index is -0.331. The highest BCUT2D eigenvalue weighted by Crippen LogP contribution is 2.22. The largest absolute Gasteiger partial charge is 0.379 e. The van der Waals surface area contributed by atoms with Crippen molar-refractivity contribution >= 4 is 17.5 Å². The van der Waals surface area contributed by atoms with Gasteiger partial charge in [0.2, 0.25) is 0 Å². The van der Waals surface area contributed by atoms with Crippen LogP contribution in [0.4, 0.5) is 5.69 Å². The number of nitrogens with zero attached hydrogens (tertiary/aromatic N) is 2. The monoisotopic (exact) mass is 396 g/mol. The molecule has 2 heterocycles. The Morgan fingerprint density at radius 3 is 2.31 bits per heavy atom. The lowest BCUT2D eigenvalue weighted by Crippen LogP contribution is -2.41. The minimum absolute atomic E-state index is 0.213. The molecule has 3 rings (SSSR count). The molecule has 0 spiro atoms. The molecule has 1 fully saturated rings. The topological polar surface area (TPSA) is 83.6 Å². The molecular formula is C22H28N4O3. The zero-order valence-corrected chi connectivity index (χ0v) is 17.2. The van der Waals surface area contributed by atoms with Crippen molar-refractivity contribution in [3.05, 3.63) is 58.4 Å². The normalized spacial score (nSPS) is 14.4. The fraction of sp³-hybridized carbons (Fsp3) is 0.409. The van der Waals surface area contributed by atoms with Crippen LogP contribution in [0.5, 0.6) is 0 Å². The van der Waals surface area contributed by atoms with E-state index in [0.717, 1.165) is 55.2 Å². The molecule has 1 saturated heterocycles. The zero-order valence-electron chi connectivity index (χ0n) is 17.2. The molecule has 0 aliphatic carbocycles. The number of pyridine rings is 1. The number of amides is 2. The van der Waals surface area contributed by atoms with Gasteiger partial charge in [-0.2, -0.15) is 0 Å². The number of aromatic nitrogens is 1. The number of aryl methyl sites for hydroxylation is 3. The molecule has 0 radical (unpaired) electrons. The number of ether oxygens (including phenoxy) is 1. The van der Waals surface area contributed by atoms with Crippen molar-refractivity contribution < 1.29 is 14.3 Å². The highest BCUT2D eigenvalue weighted by atomic mass is 16.5. The van der Waals surface area contributed by atoms with Gasteiger partial charge in [-0.05, 0) is 44.0 Å². The van der Waals surface area contributed by atoms with Gasteiger partial charge < -0.3 is 15.4 Å². The highest BCUT2D eigenvalue weighted by Gasteiger charge is 2.15. The molecule has 2 amide bonds. The molecule has 1 aliphatic rings. The molecule has 0 saturated carbocycles.